The van der Waals surface area contributed by atoms with E-state index in [0.717, 1.165) is 27.7 Å². The number of hydrogen-bond donors (Lipinski definition) is 2. The van der Waals surface area contributed by atoms with Crippen LogP contribution >= 0.6 is 11.3 Å². The molecule has 0 aliphatic rings. The van der Waals surface area contributed by atoms with Crippen LogP contribution < -0.4 is 11.1 Å². The second-order valence-corrected chi connectivity index (χ2v) is 5.82. The predicted octanol–water partition coefficient (Wildman–Crippen LogP) is 3.05. The minimum absolute atomic E-state index is 0.304. The highest BCUT2D eigenvalue weighted by Gasteiger charge is 2.08. The highest BCUT2D eigenvalue weighted by atomic mass is 32.1. The van der Waals surface area contributed by atoms with Gasteiger partial charge in [-0.2, -0.15) is 0 Å². The fourth-order valence-corrected chi connectivity index (χ4v) is 2.83. The first kappa shape index (κ1) is 14.9. The molecule has 5 nitrogen and oxygen atoms in total. The van der Waals surface area contributed by atoms with Crippen LogP contribution in [0.15, 0.2) is 54.7 Å². The minimum Gasteiger partial charge on any atom is -0.365 e. The Morgan fingerprint density at radius 2 is 1.91 bits per heavy atom. The molecule has 0 atom stereocenters. The maximum atomic E-state index is 12.0. The summed E-state index contributed by atoms with van der Waals surface area (Å²) < 4.78 is 0. The van der Waals surface area contributed by atoms with E-state index in [1.165, 1.54) is 12.3 Å². The normalized spacial score (nSPS) is 11.0. The predicted molar refractivity (Wildman–Crippen MR) is 92.2 cm³/mol. The van der Waals surface area contributed by atoms with Crippen LogP contribution in [-0.4, -0.2) is 16.8 Å². The van der Waals surface area contributed by atoms with Gasteiger partial charge in [-0.25, -0.2) is 4.98 Å². The number of aromatic nitrogens is 1. The number of rotatable bonds is 4. The molecule has 1 heterocycles. The number of primary amides is 1. The summed E-state index contributed by atoms with van der Waals surface area (Å²) in [6.07, 6.45) is 4.53. The molecule has 2 aromatic carbocycles. The molecule has 3 rings (SSSR count). The number of carbonyl (C=O) groups is 2. The molecule has 1 aromatic heterocycles. The molecule has 0 aliphatic carbocycles. The standard InChI is InChI=1S/C17H13N3O2S/c18-16(22)14-10-19-17(23-14)20-15(21)9-8-12-6-3-5-11-4-1-2-7-13(11)12/h1-10H,(H2,18,22)(H,19,20,21). The number of nitrogens with one attached hydrogen (secondary N) is 1. The highest BCUT2D eigenvalue weighted by Crippen LogP contribution is 2.20. The molecular formula is C17H13N3O2S. The Balaban J connectivity index is 1.76. The van der Waals surface area contributed by atoms with E-state index in [9.17, 15) is 9.59 Å². The average Bonchev–Trinajstić information content (AvgIpc) is 3.01. The zero-order valence-corrected chi connectivity index (χ0v) is 12.8. The van der Waals surface area contributed by atoms with Crippen molar-refractivity contribution >= 4 is 45.1 Å². The van der Waals surface area contributed by atoms with E-state index >= 15 is 0 Å². The van der Waals surface area contributed by atoms with Crippen molar-refractivity contribution in [2.24, 2.45) is 5.73 Å². The Bertz CT molecular complexity index is 910. The smallest absolute Gasteiger partial charge is 0.260 e. The van der Waals surface area contributed by atoms with Gasteiger partial charge < -0.3 is 5.73 Å². The lowest BCUT2D eigenvalue weighted by atomic mass is 10.0. The number of nitrogens with zero attached hydrogens (tertiary/aromatic N) is 1. The van der Waals surface area contributed by atoms with E-state index in [0.29, 0.717) is 10.0 Å². The molecule has 0 fully saturated rings. The Hall–Kier alpha value is -2.99. The summed E-state index contributed by atoms with van der Waals surface area (Å²) in [7, 11) is 0. The Morgan fingerprint density at radius 3 is 2.70 bits per heavy atom. The van der Waals surface area contributed by atoms with Gasteiger partial charge in [-0.05, 0) is 22.4 Å². The lowest BCUT2D eigenvalue weighted by Crippen LogP contribution is -2.08. The van der Waals surface area contributed by atoms with Crippen molar-refractivity contribution in [2.75, 3.05) is 5.32 Å². The van der Waals surface area contributed by atoms with Crippen LogP contribution in [0.25, 0.3) is 16.8 Å². The van der Waals surface area contributed by atoms with E-state index in [1.807, 2.05) is 42.5 Å². The number of fused-ring (bicyclic) bond motifs is 1. The molecule has 114 valence electrons. The van der Waals surface area contributed by atoms with E-state index in [2.05, 4.69) is 10.3 Å². The summed E-state index contributed by atoms with van der Waals surface area (Å²) in [5, 5.41) is 5.13. The number of hydrogen-bond acceptors (Lipinski definition) is 4. The van der Waals surface area contributed by atoms with Crippen molar-refractivity contribution in [3.63, 3.8) is 0 Å². The summed E-state index contributed by atoms with van der Waals surface area (Å²) in [5.41, 5.74) is 6.10. The van der Waals surface area contributed by atoms with Crippen molar-refractivity contribution < 1.29 is 9.59 Å². The third-order valence-corrected chi connectivity index (χ3v) is 4.14. The number of benzene rings is 2. The SMILES string of the molecule is NC(=O)c1cnc(NC(=O)C=Cc2cccc3ccccc23)s1. The third kappa shape index (κ3) is 3.44. The number of thiazole rings is 1. The van der Waals surface area contributed by atoms with Gasteiger partial charge in [-0.1, -0.05) is 53.8 Å². The lowest BCUT2D eigenvalue weighted by molar-refractivity contribution is -0.111. The first-order valence-electron chi connectivity index (χ1n) is 6.86. The minimum atomic E-state index is -0.561. The van der Waals surface area contributed by atoms with E-state index in [-0.39, 0.29) is 5.91 Å². The molecule has 0 saturated heterocycles. The number of carbonyl (C=O) groups excluding carboxylic acids is 2. The van der Waals surface area contributed by atoms with Crippen LogP contribution in [0.3, 0.4) is 0 Å². The largest absolute Gasteiger partial charge is 0.365 e. The van der Waals surface area contributed by atoms with Crippen LogP contribution in [0.5, 0.6) is 0 Å². The Labute approximate surface area is 136 Å². The second-order valence-electron chi connectivity index (χ2n) is 4.78. The molecule has 23 heavy (non-hydrogen) atoms. The summed E-state index contributed by atoms with van der Waals surface area (Å²) >= 11 is 1.04. The average molecular weight is 323 g/mol. The Kier molecular flexibility index (Phi) is 4.16. The van der Waals surface area contributed by atoms with Crippen molar-refractivity contribution in [1.29, 1.82) is 0 Å². The molecule has 2 amide bonds. The highest BCUT2D eigenvalue weighted by molar-refractivity contribution is 7.17. The third-order valence-electron chi connectivity index (χ3n) is 3.22. The van der Waals surface area contributed by atoms with E-state index < -0.39 is 5.91 Å². The van der Waals surface area contributed by atoms with Crippen molar-refractivity contribution in [3.05, 3.63) is 65.2 Å². The second kappa shape index (κ2) is 6.41. The fourth-order valence-electron chi connectivity index (χ4n) is 2.15. The van der Waals surface area contributed by atoms with Crippen molar-refractivity contribution in [2.45, 2.75) is 0 Å². The molecule has 3 aromatic rings. The summed E-state index contributed by atoms with van der Waals surface area (Å²) in [4.78, 5) is 27.2. The van der Waals surface area contributed by atoms with Crippen LogP contribution in [0, 0.1) is 0 Å². The maximum absolute atomic E-state index is 12.0. The topological polar surface area (TPSA) is 85.1 Å². The molecule has 0 bridgehead atoms. The molecule has 0 radical (unpaired) electrons. The van der Waals surface area contributed by atoms with Crippen LogP contribution in [0.1, 0.15) is 15.2 Å². The van der Waals surface area contributed by atoms with Gasteiger partial charge in [0.05, 0.1) is 6.20 Å². The van der Waals surface area contributed by atoms with Crippen LogP contribution in [0.4, 0.5) is 5.13 Å². The number of anilines is 1. The first-order valence-corrected chi connectivity index (χ1v) is 7.67. The van der Waals surface area contributed by atoms with Gasteiger partial charge in [0.25, 0.3) is 5.91 Å². The number of amides is 2. The lowest BCUT2D eigenvalue weighted by Gasteiger charge is -2.01. The van der Waals surface area contributed by atoms with Crippen molar-refractivity contribution in [3.8, 4) is 0 Å². The quantitative estimate of drug-likeness (QED) is 0.724. The van der Waals surface area contributed by atoms with E-state index in [4.69, 9.17) is 5.73 Å². The van der Waals surface area contributed by atoms with Gasteiger partial charge in [0.2, 0.25) is 5.91 Å². The summed E-state index contributed by atoms with van der Waals surface area (Å²) in [6.45, 7) is 0. The van der Waals surface area contributed by atoms with Crippen LogP contribution in [-0.2, 0) is 4.79 Å². The van der Waals surface area contributed by atoms with Gasteiger partial charge in [-0.3, -0.25) is 14.9 Å². The molecule has 0 spiro atoms. The summed E-state index contributed by atoms with van der Waals surface area (Å²) in [5.74, 6) is -0.877. The zero-order chi connectivity index (χ0) is 16.2. The molecule has 0 saturated carbocycles. The fraction of sp³-hybridized carbons (Fsp3) is 0. The van der Waals surface area contributed by atoms with Gasteiger partial charge in [0.1, 0.15) is 4.88 Å². The zero-order valence-electron chi connectivity index (χ0n) is 12.0. The molecule has 6 heteroatoms. The first-order chi connectivity index (χ1) is 11.1. The Morgan fingerprint density at radius 1 is 1.13 bits per heavy atom. The van der Waals surface area contributed by atoms with Gasteiger partial charge in [-0.15, -0.1) is 0 Å². The molecular weight excluding hydrogens is 310 g/mol. The number of nitrogens with two attached hydrogens (primary N) is 1. The van der Waals surface area contributed by atoms with Gasteiger partial charge in [0, 0.05) is 6.08 Å². The summed E-state index contributed by atoms with van der Waals surface area (Å²) in [6, 6.07) is 13.9. The maximum Gasteiger partial charge on any atom is 0.260 e. The molecule has 0 aliphatic heterocycles. The van der Waals surface area contributed by atoms with Crippen molar-refractivity contribution in [1.82, 2.24) is 4.98 Å². The molecule has 0 unspecified atom stereocenters. The van der Waals surface area contributed by atoms with Crippen LogP contribution in [0.2, 0.25) is 0 Å². The molecule has 3 N–H and O–H groups in total. The van der Waals surface area contributed by atoms with E-state index in [1.54, 1.807) is 6.08 Å². The van der Waals surface area contributed by atoms with Gasteiger partial charge in [0.15, 0.2) is 5.13 Å². The monoisotopic (exact) mass is 323 g/mol. The van der Waals surface area contributed by atoms with Gasteiger partial charge >= 0.3 is 0 Å².